The van der Waals surface area contributed by atoms with E-state index in [4.69, 9.17) is 0 Å². The topological polar surface area (TPSA) is 26.3 Å². The Morgan fingerprint density at radius 2 is 1.75 bits per heavy atom. The zero-order valence-corrected chi connectivity index (χ0v) is 6.06. The molecule has 8 heavy (non-hydrogen) atoms. The van der Waals surface area contributed by atoms with Crippen LogP contribution in [0.2, 0.25) is 0 Å². The Morgan fingerprint density at radius 1 is 1.38 bits per heavy atom. The molecular weight excluding hydrogens is 156 g/mol. The second kappa shape index (κ2) is 3.93. The molecule has 0 radical (unpaired) electrons. The van der Waals surface area contributed by atoms with E-state index in [0.29, 0.717) is 0 Å². The molecule has 0 atom stereocenters. The van der Waals surface area contributed by atoms with E-state index in [-0.39, 0.29) is 22.7 Å². The predicted molar refractivity (Wildman–Crippen MR) is 26.5 cm³/mol. The summed E-state index contributed by atoms with van der Waals surface area (Å²) in [5, 5.41) is 0. The third kappa shape index (κ3) is 9.37. The van der Waals surface area contributed by atoms with Gasteiger partial charge in [0, 0.05) is 0 Å². The average molecular weight is 165 g/mol. The largest absolute Gasteiger partial charge is 1.00 e. The summed E-state index contributed by atoms with van der Waals surface area (Å²) < 4.78 is 4.42. The first-order chi connectivity index (χ1) is 3.06. The van der Waals surface area contributed by atoms with Gasteiger partial charge in [0.25, 0.3) is 0 Å². The first-order valence-electron chi connectivity index (χ1n) is 2.11. The summed E-state index contributed by atoms with van der Waals surface area (Å²) in [5.74, 6) is 0. The molecule has 0 aromatic carbocycles. The van der Waals surface area contributed by atoms with Gasteiger partial charge in [-0.05, 0) is 20.8 Å². The maximum atomic E-state index is 9.47. The van der Waals surface area contributed by atoms with Crippen LogP contribution in [0, 0.1) is 0 Å². The molecule has 0 spiro atoms. The van der Waals surface area contributed by atoms with Crippen molar-refractivity contribution in [3.8, 4) is 0 Å². The van der Waals surface area contributed by atoms with Crippen LogP contribution in [-0.2, 0) is 26.6 Å². The third-order valence-electron chi connectivity index (χ3n) is 0.348. The van der Waals surface area contributed by atoms with Gasteiger partial charge in [-0.2, -0.15) is 0 Å². The van der Waals surface area contributed by atoms with Gasteiger partial charge >= 0.3 is 17.1 Å². The molecule has 0 amide bonds. The van der Waals surface area contributed by atoms with Crippen LogP contribution in [-0.4, -0.2) is 12.1 Å². The van der Waals surface area contributed by atoms with Crippen molar-refractivity contribution in [2.45, 2.75) is 26.4 Å². The molecule has 0 N–H and O–H groups in total. The van der Waals surface area contributed by atoms with Crippen LogP contribution < -0.4 is 0 Å². The normalized spacial score (nSPS) is 9.38. The van der Waals surface area contributed by atoms with Crippen LogP contribution in [0.1, 0.15) is 20.8 Å². The fourth-order valence-electron chi connectivity index (χ4n) is 0.125. The number of ether oxygens (including phenoxy) is 1. The number of hydrogen-bond acceptors (Lipinski definition) is 2. The van der Waals surface area contributed by atoms with Gasteiger partial charge in [-0.3, -0.25) is 0 Å². The molecule has 0 saturated heterocycles. The van der Waals surface area contributed by atoms with Gasteiger partial charge in [-0.15, -0.1) is 0 Å². The van der Waals surface area contributed by atoms with Crippen LogP contribution in [0.4, 0.5) is 0 Å². The van der Waals surface area contributed by atoms with Crippen molar-refractivity contribution in [3.05, 3.63) is 0 Å². The van der Waals surface area contributed by atoms with Gasteiger partial charge in [0.1, 0.15) is 0 Å². The molecule has 0 aliphatic rings. The summed E-state index contributed by atoms with van der Waals surface area (Å²) in [6, 6.07) is 0. The van der Waals surface area contributed by atoms with E-state index in [1.165, 1.54) is 6.47 Å². The minimum atomic E-state index is -0.373. The molecule has 0 bridgehead atoms. The minimum absolute atomic E-state index is 0. The Labute approximate surface area is 60.1 Å². The molecule has 0 fully saturated rings. The Balaban J connectivity index is 0. The fraction of sp³-hybridized carbons (Fsp3) is 0.800. The summed E-state index contributed by atoms with van der Waals surface area (Å²) in [4.78, 5) is 9.47. The van der Waals surface area contributed by atoms with Crippen molar-refractivity contribution >= 4 is 6.47 Å². The minimum Gasteiger partial charge on any atom is -0.649 e. The summed E-state index contributed by atoms with van der Waals surface area (Å²) >= 11 is 0. The maximum absolute atomic E-state index is 9.47. The van der Waals surface area contributed by atoms with E-state index >= 15 is 0 Å². The zero-order chi connectivity index (χ0) is 5.91. The molecule has 2 nitrogen and oxygen atoms in total. The van der Waals surface area contributed by atoms with Gasteiger partial charge < -0.3 is 9.53 Å². The number of hydrogen-bond donors (Lipinski definition) is 0. The molecule has 0 rings (SSSR count). The van der Waals surface area contributed by atoms with E-state index in [9.17, 15) is 4.79 Å². The van der Waals surface area contributed by atoms with Crippen molar-refractivity contribution in [1.82, 2.24) is 0 Å². The van der Waals surface area contributed by atoms with E-state index < -0.39 is 0 Å². The Morgan fingerprint density at radius 3 is 1.75 bits per heavy atom. The van der Waals surface area contributed by atoms with Crippen LogP contribution in [0.15, 0.2) is 0 Å². The first kappa shape index (κ1) is 10.9. The van der Waals surface area contributed by atoms with E-state index in [0.717, 1.165) is 0 Å². The molecule has 52 valence electrons. The van der Waals surface area contributed by atoms with E-state index in [2.05, 4.69) is 4.74 Å². The molecule has 0 saturated carbocycles. The van der Waals surface area contributed by atoms with Gasteiger partial charge in [0.15, 0.2) is 0 Å². The molecule has 0 aliphatic heterocycles. The van der Waals surface area contributed by atoms with Crippen molar-refractivity contribution in [2.24, 2.45) is 0 Å². The summed E-state index contributed by atoms with van der Waals surface area (Å²) in [6.07, 6.45) is 0. The standard InChI is InChI=1S/C5H9O2.Cu/c1-5(2,3)7-4-6;/h1-3H3;/q-1;+1. The Hall–Kier alpha value is -0.0105. The van der Waals surface area contributed by atoms with Crippen LogP contribution in [0.25, 0.3) is 0 Å². The summed E-state index contributed by atoms with van der Waals surface area (Å²) in [7, 11) is 0. The molecule has 0 heterocycles. The van der Waals surface area contributed by atoms with Crippen molar-refractivity contribution in [1.29, 1.82) is 0 Å². The monoisotopic (exact) mass is 164 g/mol. The predicted octanol–water partition coefficient (Wildman–Crippen LogP) is 0.866. The first-order valence-corrected chi connectivity index (χ1v) is 2.11. The molecule has 0 unspecified atom stereocenters. The Bertz CT molecular complexity index is 65.3. The van der Waals surface area contributed by atoms with E-state index in [1.54, 1.807) is 20.8 Å². The van der Waals surface area contributed by atoms with Crippen LogP contribution >= 0.6 is 0 Å². The quantitative estimate of drug-likeness (QED) is 0.425. The fourth-order valence-corrected chi connectivity index (χ4v) is 0.125. The van der Waals surface area contributed by atoms with Gasteiger partial charge in [-0.1, -0.05) is 6.47 Å². The summed E-state index contributed by atoms with van der Waals surface area (Å²) in [6.45, 7) is 6.73. The van der Waals surface area contributed by atoms with Crippen LogP contribution in [0.3, 0.4) is 0 Å². The maximum Gasteiger partial charge on any atom is 1.00 e. The number of carbonyl (C=O) groups excluding carboxylic acids is 1. The second-order valence-electron chi connectivity index (χ2n) is 2.30. The molecule has 0 aromatic rings. The zero-order valence-electron chi connectivity index (χ0n) is 5.12. The Kier molecular flexibility index (Phi) is 5.34. The third-order valence-corrected chi connectivity index (χ3v) is 0.348. The smallest absolute Gasteiger partial charge is 0.649 e. The molecule has 0 aromatic heterocycles. The van der Waals surface area contributed by atoms with Crippen molar-refractivity contribution < 1.29 is 26.6 Å². The molecule has 3 heteroatoms. The summed E-state index contributed by atoms with van der Waals surface area (Å²) in [5.41, 5.74) is -0.373. The SMILES string of the molecule is CC(C)(C)O[C-]=O.[Cu+]. The van der Waals surface area contributed by atoms with E-state index in [1.807, 2.05) is 0 Å². The van der Waals surface area contributed by atoms with Gasteiger partial charge in [0.2, 0.25) is 0 Å². The van der Waals surface area contributed by atoms with Crippen molar-refractivity contribution in [2.75, 3.05) is 0 Å². The molecule has 0 aliphatic carbocycles. The van der Waals surface area contributed by atoms with Crippen molar-refractivity contribution in [3.63, 3.8) is 0 Å². The van der Waals surface area contributed by atoms with Crippen LogP contribution in [0.5, 0.6) is 0 Å². The van der Waals surface area contributed by atoms with Gasteiger partial charge in [0.05, 0.1) is 5.60 Å². The second-order valence-corrected chi connectivity index (χ2v) is 2.30. The molecular formula is C5H9CuO2. The average Bonchev–Trinajstić information content (AvgIpc) is 1.30. The van der Waals surface area contributed by atoms with Gasteiger partial charge in [-0.25, -0.2) is 0 Å². The number of rotatable bonds is 1.